The molecule has 1 amide bonds. The predicted octanol–water partition coefficient (Wildman–Crippen LogP) is 3.87. The molecule has 140 valence electrons. The molecule has 0 spiro atoms. The van der Waals surface area contributed by atoms with Crippen molar-refractivity contribution in [3.05, 3.63) is 57.6 Å². The van der Waals surface area contributed by atoms with Crippen LogP contribution in [0.15, 0.2) is 46.6 Å². The lowest BCUT2D eigenvalue weighted by Crippen LogP contribution is -2.26. The summed E-state index contributed by atoms with van der Waals surface area (Å²) >= 11 is 13.5. The summed E-state index contributed by atoms with van der Waals surface area (Å²) in [5, 5.41) is 21.3. The van der Waals surface area contributed by atoms with Gasteiger partial charge in [0.05, 0.1) is 28.6 Å². The summed E-state index contributed by atoms with van der Waals surface area (Å²) in [5.74, 6) is 0.229. The molecule has 2 aromatic carbocycles. The van der Waals surface area contributed by atoms with Crippen molar-refractivity contribution in [1.82, 2.24) is 5.32 Å². The molecule has 2 N–H and O–H groups in total. The molecule has 0 aliphatic carbocycles. The summed E-state index contributed by atoms with van der Waals surface area (Å²) < 4.78 is 5.04. The quantitative estimate of drug-likeness (QED) is 0.564. The molecule has 1 aliphatic rings. The minimum Gasteiger partial charge on any atom is -0.504 e. The van der Waals surface area contributed by atoms with Crippen molar-refractivity contribution in [2.24, 2.45) is 10.2 Å². The van der Waals surface area contributed by atoms with E-state index in [9.17, 15) is 9.90 Å². The van der Waals surface area contributed by atoms with Gasteiger partial charge in [0.1, 0.15) is 0 Å². The Labute approximate surface area is 170 Å². The first-order chi connectivity index (χ1) is 13.0. The SMILES string of the molecule is COc1cc(C=N/N=C2\NC(=O)C(Cc3cccc(Cl)c3Cl)S2)ccc1O. The monoisotopic (exact) mass is 423 g/mol. The third-order valence-corrected chi connectivity index (χ3v) is 5.70. The molecular weight excluding hydrogens is 409 g/mol. The minimum absolute atomic E-state index is 0.0436. The van der Waals surface area contributed by atoms with Gasteiger partial charge in [-0.05, 0) is 41.8 Å². The van der Waals surface area contributed by atoms with Crippen LogP contribution >= 0.6 is 35.0 Å². The molecule has 1 unspecified atom stereocenters. The number of rotatable bonds is 5. The second-order valence-corrected chi connectivity index (χ2v) is 7.57. The number of nitrogens with zero attached hydrogens (tertiary/aromatic N) is 2. The van der Waals surface area contributed by atoms with Crippen molar-refractivity contribution in [3.8, 4) is 11.5 Å². The minimum atomic E-state index is -0.358. The van der Waals surface area contributed by atoms with Crippen LogP contribution in [0.5, 0.6) is 11.5 Å². The van der Waals surface area contributed by atoms with Gasteiger partial charge < -0.3 is 15.2 Å². The standard InChI is InChI=1S/C18H15Cl2N3O3S/c1-26-14-7-10(5-6-13(14)24)9-21-23-18-22-17(25)15(27-18)8-11-3-2-4-12(19)16(11)20/h2-7,9,15,24H,8H2,1H3,(H,22,23,25). The molecule has 0 aromatic heterocycles. The van der Waals surface area contributed by atoms with Crippen molar-refractivity contribution in [3.63, 3.8) is 0 Å². The third kappa shape index (κ3) is 4.74. The topological polar surface area (TPSA) is 83.3 Å². The second kappa shape index (κ2) is 8.65. The van der Waals surface area contributed by atoms with Crippen molar-refractivity contribution in [2.45, 2.75) is 11.7 Å². The summed E-state index contributed by atoms with van der Waals surface area (Å²) in [7, 11) is 1.47. The van der Waals surface area contributed by atoms with Gasteiger partial charge in [0.15, 0.2) is 16.7 Å². The fraction of sp³-hybridized carbons (Fsp3) is 0.167. The number of phenolic OH excluding ortho intramolecular Hbond substituents is 1. The molecule has 1 fully saturated rings. The number of hydrogen-bond acceptors (Lipinski definition) is 6. The van der Waals surface area contributed by atoms with Crippen LogP contribution in [0.1, 0.15) is 11.1 Å². The van der Waals surface area contributed by atoms with E-state index in [-0.39, 0.29) is 16.9 Å². The van der Waals surface area contributed by atoms with Gasteiger partial charge in [-0.25, -0.2) is 0 Å². The Morgan fingerprint density at radius 1 is 1.33 bits per heavy atom. The Hall–Kier alpha value is -2.22. The van der Waals surface area contributed by atoms with Crippen LogP contribution in [0.2, 0.25) is 10.0 Å². The number of amides is 1. The Balaban J connectivity index is 1.67. The van der Waals surface area contributed by atoms with Crippen LogP contribution < -0.4 is 10.1 Å². The van der Waals surface area contributed by atoms with E-state index in [1.54, 1.807) is 24.3 Å². The van der Waals surface area contributed by atoms with Crippen molar-refractivity contribution in [1.29, 1.82) is 0 Å². The van der Waals surface area contributed by atoms with Crippen molar-refractivity contribution >= 4 is 52.3 Å². The molecule has 3 rings (SSSR count). The normalized spacial score (nSPS) is 18.3. The Bertz CT molecular complexity index is 934. The van der Waals surface area contributed by atoms with Gasteiger partial charge in [-0.15, -0.1) is 5.10 Å². The molecule has 27 heavy (non-hydrogen) atoms. The van der Waals surface area contributed by atoms with E-state index in [1.165, 1.54) is 31.2 Å². The molecule has 2 aromatic rings. The molecule has 6 nitrogen and oxygen atoms in total. The van der Waals surface area contributed by atoms with Crippen LogP contribution in [0, 0.1) is 0 Å². The molecular formula is C18H15Cl2N3O3S. The first-order valence-electron chi connectivity index (χ1n) is 7.86. The van der Waals surface area contributed by atoms with Crippen molar-refractivity contribution in [2.75, 3.05) is 7.11 Å². The smallest absolute Gasteiger partial charge is 0.239 e. The third-order valence-electron chi connectivity index (χ3n) is 3.77. The van der Waals surface area contributed by atoms with Gasteiger partial charge in [0, 0.05) is 0 Å². The van der Waals surface area contributed by atoms with Gasteiger partial charge in [0.25, 0.3) is 0 Å². The Morgan fingerprint density at radius 3 is 2.93 bits per heavy atom. The lowest BCUT2D eigenvalue weighted by molar-refractivity contribution is -0.118. The van der Waals surface area contributed by atoms with E-state index >= 15 is 0 Å². The molecule has 0 bridgehead atoms. The Morgan fingerprint density at radius 2 is 2.15 bits per heavy atom. The van der Waals surface area contributed by atoms with E-state index < -0.39 is 0 Å². The van der Waals surface area contributed by atoms with Crippen LogP contribution in [0.25, 0.3) is 0 Å². The van der Waals surface area contributed by atoms with Gasteiger partial charge >= 0.3 is 0 Å². The lowest BCUT2D eigenvalue weighted by atomic mass is 10.1. The number of carbonyl (C=O) groups is 1. The van der Waals surface area contributed by atoms with Crippen LogP contribution in [-0.2, 0) is 11.2 Å². The number of aromatic hydroxyl groups is 1. The zero-order valence-corrected chi connectivity index (χ0v) is 16.5. The number of hydrogen-bond donors (Lipinski definition) is 2. The maximum atomic E-state index is 12.2. The molecule has 1 heterocycles. The van der Waals surface area contributed by atoms with Crippen LogP contribution in [-0.4, -0.2) is 34.8 Å². The zero-order chi connectivity index (χ0) is 19.4. The summed E-state index contributed by atoms with van der Waals surface area (Å²) in [6, 6.07) is 10.1. The predicted molar refractivity (Wildman–Crippen MR) is 109 cm³/mol. The van der Waals surface area contributed by atoms with E-state index in [0.29, 0.717) is 32.9 Å². The number of phenols is 1. The van der Waals surface area contributed by atoms with E-state index in [0.717, 1.165) is 5.56 Å². The average molecular weight is 424 g/mol. The average Bonchev–Trinajstić information content (AvgIpc) is 3.00. The van der Waals surface area contributed by atoms with Gasteiger partial charge in [0.2, 0.25) is 5.91 Å². The number of halogens is 2. The number of nitrogens with one attached hydrogen (secondary N) is 1. The second-order valence-electron chi connectivity index (χ2n) is 5.59. The molecule has 1 aliphatic heterocycles. The highest BCUT2D eigenvalue weighted by atomic mass is 35.5. The largest absolute Gasteiger partial charge is 0.504 e. The summed E-state index contributed by atoms with van der Waals surface area (Å²) in [4.78, 5) is 12.2. The summed E-state index contributed by atoms with van der Waals surface area (Å²) in [6.07, 6.45) is 1.94. The van der Waals surface area contributed by atoms with Crippen molar-refractivity contribution < 1.29 is 14.6 Å². The number of benzene rings is 2. The molecule has 0 saturated carbocycles. The molecule has 1 atom stereocenters. The first kappa shape index (κ1) is 19.5. The zero-order valence-electron chi connectivity index (χ0n) is 14.1. The molecule has 9 heteroatoms. The molecule has 1 saturated heterocycles. The van der Waals surface area contributed by atoms with Crippen LogP contribution in [0.3, 0.4) is 0 Å². The maximum absolute atomic E-state index is 12.2. The van der Waals surface area contributed by atoms with Crippen LogP contribution in [0.4, 0.5) is 0 Å². The number of methoxy groups -OCH3 is 1. The summed E-state index contributed by atoms with van der Waals surface area (Å²) in [6.45, 7) is 0. The highest BCUT2D eigenvalue weighted by molar-refractivity contribution is 8.15. The number of ether oxygens (including phenoxy) is 1. The number of amidine groups is 1. The van der Waals surface area contributed by atoms with Gasteiger partial charge in [-0.1, -0.05) is 47.1 Å². The fourth-order valence-corrected chi connectivity index (χ4v) is 3.76. The lowest BCUT2D eigenvalue weighted by Gasteiger charge is -2.08. The Kier molecular flexibility index (Phi) is 6.26. The first-order valence-corrected chi connectivity index (χ1v) is 9.50. The highest BCUT2D eigenvalue weighted by Crippen LogP contribution is 2.30. The van der Waals surface area contributed by atoms with E-state index in [4.69, 9.17) is 27.9 Å². The highest BCUT2D eigenvalue weighted by Gasteiger charge is 2.31. The summed E-state index contributed by atoms with van der Waals surface area (Å²) in [5.41, 5.74) is 1.50. The number of thioether (sulfide) groups is 1. The number of carbonyl (C=O) groups excluding carboxylic acids is 1. The maximum Gasteiger partial charge on any atom is 0.239 e. The fourth-order valence-electron chi connectivity index (χ4n) is 2.41. The van der Waals surface area contributed by atoms with E-state index in [1.807, 2.05) is 6.07 Å². The van der Waals surface area contributed by atoms with Gasteiger partial charge in [-0.2, -0.15) is 5.10 Å². The molecule has 0 radical (unpaired) electrons. The van der Waals surface area contributed by atoms with Gasteiger partial charge in [-0.3, -0.25) is 4.79 Å². The van der Waals surface area contributed by atoms with E-state index in [2.05, 4.69) is 15.5 Å².